The summed E-state index contributed by atoms with van der Waals surface area (Å²) in [5.74, 6) is 0.965. The molecule has 4 heteroatoms. The highest BCUT2D eigenvalue weighted by atomic mass is 16.5. The van der Waals surface area contributed by atoms with Crippen molar-refractivity contribution < 1.29 is 9.53 Å². The second kappa shape index (κ2) is 7.46. The lowest BCUT2D eigenvalue weighted by Gasteiger charge is -2.27. The van der Waals surface area contributed by atoms with E-state index < -0.39 is 0 Å². The molecule has 2 rings (SSSR count). The number of carbonyl (C=O) groups excluding carboxylic acids is 1. The Bertz CT molecular complexity index is 456. The Morgan fingerprint density at radius 1 is 1.33 bits per heavy atom. The van der Waals surface area contributed by atoms with E-state index in [2.05, 4.69) is 17.6 Å². The molecule has 0 spiro atoms. The lowest BCUT2D eigenvalue weighted by molar-refractivity contribution is -0.124. The molecule has 116 valence electrons. The first kappa shape index (κ1) is 15.8. The highest BCUT2D eigenvalue weighted by molar-refractivity contribution is 5.81. The van der Waals surface area contributed by atoms with Gasteiger partial charge in [-0.25, -0.2) is 0 Å². The lowest BCUT2D eigenvalue weighted by Crippen LogP contribution is -2.49. The third-order valence-corrected chi connectivity index (χ3v) is 3.69. The van der Waals surface area contributed by atoms with Gasteiger partial charge in [0.05, 0.1) is 12.1 Å². The second-order valence-electron chi connectivity index (χ2n) is 6.08. The van der Waals surface area contributed by atoms with Crippen LogP contribution in [-0.2, 0) is 11.3 Å². The molecule has 1 saturated heterocycles. The van der Waals surface area contributed by atoms with Gasteiger partial charge in [-0.05, 0) is 57.7 Å². The van der Waals surface area contributed by atoms with Crippen molar-refractivity contribution in [3.05, 3.63) is 29.8 Å². The van der Waals surface area contributed by atoms with E-state index in [0.717, 1.165) is 30.6 Å². The average Bonchev–Trinajstić information content (AvgIpc) is 2.45. The number of piperidine rings is 1. The maximum absolute atomic E-state index is 12.1. The second-order valence-corrected chi connectivity index (χ2v) is 6.08. The minimum atomic E-state index is -0.0442. The van der Waals surface area contributed by atoms with Crippen molar-refractivity contribution in [3.63, 3.8) is 0 Å². The smallest absolute Gasteiger partial charge is 0.237 e. The molecule has 2 atom stereocenters. The molecule has 1 heterocycles. The van der Waals surface area contributed by atoms with Gasteiger partial charge in [-0.3, -0.25) is 4.79 Å². The fourth-order valence-corrected chi connectivity index (χ4v) is 2.62. The fraction of sp³-hybridized carbons (Fsp3) is 0.588. The van der Waals surface area contributed by atoms with E-state index in [0.29, 0.717) is 12.6 Å². The molecule has 1 aliphatic heterocycles. The van der Waals surface area contributed by atoms with Gasteiger partial charge in [-0.1, -0.05) is 12.1 Å². The first-order chi connectivity index (χ1) is 10.0. The summed E-state index contributed by atoms with van der Waals surface area (Å²) in [6.45, 7) is 6.71. The third-order valence-electron chi connectivity index (χ3n) is 3.69. The molecule has 0 saturated carbocycles. The van der Waals surface area contributed by atoms with E-state index in [-0.39, 0.29) is 18.1 Å². The summed E-state index contributed by atoms with van der Waals surface area (Å²) in [5, 5.41) is 6.36. The molecule has 4 nitrogen and oxygen atoms in total. The molecule has 1 aromatic rings. The van der Waals surface area contributed by atoms with Crippen molar-refractivity contribution in [2.75, 3.05) is 0 Å². The van der Waals surface area contributed by atoms with E-state index in [4.69, 9.17) is 4.74 Å². The molecule has 21 heavy (non-hydrogen) atoms. The van der Waals surface area contributed by atoms with Gasteiger partial charge in [-0.15, -0.1) is 0 Å². The summed E-state index contributed by atoms with van der Waals surface area (Å²) < 4.78 is 5.60. The Labute approximate surface area is 127 Å². The van der Waals surface area contributed by atoms with Crippen LogP contribution in [0.4, 0.5) is 0 Å². The Hall–Kier alpha value is -1.55. The van der Waals surface area contributed by atoms with E-state index in [9.17, 15) is 4.79 Å². The normalized spacial score (nSPS) is 22.1. The Kier molecular flexibility index (Phi) is 5.62. The maximum atomic E-state index is 12.1. The number of hydrogen-bond donors (Lipinski definition) is 2. The van der Waals surface area contributed by atoms with Crippen molar-refractivity contribution in [1.82, 2.24) is 10.6 Å². The van der Waals surface area contributed by atoms with E-state index in [1.54, 1.807) is 0 Å². The highest BCUT2D eigenvalue weighted by Gasteiger charge is 2.23. The molecule has 1 amide bonds. The average molecular weight is 290 g/mol. The summed E-state index contributed by atoms with van der Waals surface area (Å²) in [7, 11) is 0. The molecule has 1 aliphatic rings. The van der Waals surface area contributed by atoms with Gasteiger partial charge in [0.15, 0.2) is 0 Å². The molecule has 1 fully saturated rings. The zero-order chi connectivity index (χ0) is 15.2. The number of nitrogens with one attached hydrogen (secondary N) is 2. The number of ether oxygens (including phenoxy) is 1. The first-order valence-corrected chi connectivity index (χ1v) is 7.84. The predicted octanol–water partition coefficient (Wildman–Crippen LogP) is 2.62. The summed E-state index contributed by atoms with van der Waals surface area (Å²) in [6.07, 6.45) is 3.38. The largest absolute Gasteiger partial charge is 0.491 e. The molecule has 1 aromatic carbocycles. The molecule has 2 N–H and O–H groups in total. The van der Waals surface area contributed by atoms with E-state index in [1.807, 2.05) is 38.1 Å². The van der Waals surface area contributed by atoms with Gasteiger partial charge >= 0.3 is 0 Å². The Balaban J connectivity index is 1.80. The van der Waals surface area contributed by atoms with Crippen molar-refractivity contribution in [2.24, 2.45) is 0 Å². The quantitative estimate of drug-likeness (QED) is 0.876. The monoisotopic (exact) mass is 290 g/mol. The van der Waals surface area contributed by atoms with Crippen molar-refractivity contribution >= 4 is 5.91 Å². The summed E-state index contributed by atoms with van der Waals surface area (Å²) in [6, 6.07) is 8.27. The molecule has 0 aliphatic carbocycles. The first-order valence-electron chi connectivity index (χ1n) is 7.84. The molecule has 0 radical (unpaired) electrons. The Morgan fingerprint density at radius 2 is 2.05 bits per heavy atom. The van der Waals surface area contributed by atoms with Crippen LogP contribution in [0.1, 0.15) is 45.6 Å². The van der Waals surface area contributed by atoms with Crippen molar-refractivity contribution in [1.29, 1.82) is 0 Å². The van der Waals surface area contributed by atoms with Gasteiger partial charge in [0.2, 0.25) is 5.91 Å². The zero-order valence-electron chi connectivity index (χ0n) is 13.2. The van der Waals surface area contributed by atoms with Crippen molar-refractivity contribution in [2.45, 2.75) is 64.8 Å². The highest BCUT2D eigenvalue weighted by Crippen LogP contribution is 2.15. The number of rotatable bonds is 5. The summed E-state index contributed by atoms with van der Waals surface area (Å²) in [4.78, 5) is 12.1. The predicted molar refractivity (Wildman–Crippen MR) is 84.3 cm³/mol. The minimum absolute atomic E-state index is 0.0442. The summed E-state index contributed by atoms with van der Waals surface area (Å²) in [5.41, 5.74) is 1.09. The van der Waals surface area contributed by atoms with E-state index in [1.165, 1.54) is 0 Å². The van der Waals surface area contributed by atoms with Gasteiger partial charge < -0.3 is 15.4 Å². The van der Waals surface area contributed by atoms with Gasteiger partial charge in [-0.2, -0.15) is 0 Å². The van der Waals surface area contributed by atoms with Gasteiger partial charge in [0.1, 0.15) is 5.75 Å². The van der Waals surface area contributed by atoms with Crippen LogP contribution in [0.3, 0.4) is 0 Å². The van der Waals surface area contributed by atoms with Gasteiger partial charge in [0.25, 0.3) is 0 Å². The van der Waals surface area contributed by atoms with Crippen LogP contribution in [0.25, 0.3) is 0 Å². The standard InChI is InChI=1S/C17H26N2O2/c1-12(2)21-15-9-7-14(8-10-15)11-18-17(20)16-6-4-5-13(3)19-16/h7-10,12-13,16,19H,4-6,11H2,1-3H3,(H,18,20). The van der Waals surface area contributed by atoms with Crippen LogP contribution in [0.5, 0.6) is 5.75 Å². The van der Waals surface area contributed by atoms with Crippen LogP contribution in [0.2, 0.25) is 0 Å². The fourth-order valence-electron chi connectivity index (χ4n) is 2.62. The van der Waals surface area contributed by atoms with Crippen LogP contribution < -0.4 is 15.4 Å². The van der Waals surface area contributed by atoms with Crippen LogP contribution in [0.15, 0.2) is 24.3 Å². The minimum Gasteiger partial charge on any atom is -0.491 e. The Morgan fingerprint density at radius 3 is 2.67 bits per heavy atom. The van der Waals surface area contributed by atoms with Crippen LogP contribution in [0, 0.1) is 0 Å². The van der Waals surface area contributed by atoms with Crippen LogP contribution >= 0.6 is 0 Å². The van der Waals surface area contributed by atoms with Gasteiger partial charge in [0, 0.05) is 12.6 Å². The van der Waals surface area contributed by atoms with E-state index >= 15 is 0 Å². The zero-order valence-corrected chi connectivity index (χ0v) is 13.2. The topological polar surface area (TPSA) is 50.4 Å². The lowest BCUT2D eigenvalue weighted by atomic mass is 9.99. The van der Waals surface area contributed by atoms with Crippen LogP contribution in [-0.4, -0.2) is 24.1 Å². The van der Waals surface area contributed by atoms with Crippen molar-refractivity contribution in [3.8, 4) is 5.75 Å². The number of carbonyl (C=O) groups is 1. The number of hydrogen-bond acceptors (Lipinski definition) is 3. The molecule has 2 unspecified atom stereocenters. The number of benzene rings is 1. The SMILES string of the molecule is CC1CCCC(C(=O)NCc2ccc(OC(C)C)cc2)N1. The third kappa shape index (κ3) is 5.05. The summed E-state index contributed by atoms with van der Waals surface area (Å²) >= 11 is 0. The number of amides is 1. The molecule has 0 aromatic heterocycles. The molecule has 0 bridgehead atoms. The molecular weight excluding hydrogens is 264 g/mol. The maximum Gasteiger partial charge on any atom is 0.237 e. The molecular formula is C17H26N2O2.